The maximum absolute atomic E-state index is 14.2. The molecule has 29 heavy (non-hydrogen) atoms. The van der Waals surface area contributed by atoms with Crippen LogP contribution in [0.1, 0.15) is 12.5 Å². The van der Waals surface area contributed by atoms with Gasteiger partial charge in [-0.25, -0.2) is 12.8 Å². The third kappa shape index (κ3) is 4.93. The van der Waals surface area contributed by atoms with Crippen molar-refractivity contribution < 1.29 is 17.6 Å². The highest BCUT2D eigenvalue weighted by Gasteiger charge is 2.26. The maximum Gasteiger partial charge on any atom is 0.264 e. The molecule has 0 atom stereocenters. The van der Waals surface area contributed by atoms with Crippen LogP contribution in [0.25, 0.3) is 0 Å². The van der Waals surface area contributed by atoms with Crippen molar-refractivity contribution >= 4 is 38.9 Å². The van der Waals surface area contributed by atoms with Gasteiger partial charge in [0.2, 0.25) is 5.91 Å². The minimum Gasteiger partial charge on any atom is -0.326 e. The van der Waals surface area contributed by atoms with Crippen molar-refractivity contribution in [1.29, 1.82) is 0 Å². The van der Waals surface area contributed by atoms with Crippen LogP contribution in [0, 0.1) is 5.82 Å². The van der Waals surface area contributed by atoms with Crippen molar-refractivity contribution in [2.75, 3.05) is 9.62 Å². The predicted octanol–water partition coefficient (Wildman–Crippen LogP) is 4.83. The summed E-state index contributed by atoms with van der Waals surface area (Å²) in [5, 5.41) is 2.94. The van der Waals surface area contributed by atoms with E-state index in [9.17, 15) is 17.6 Å². The minimum absolute atomic E-state index is 0.00270. The van der Waals surface area contributed by atoms with E-state index in [1.54, 1.807) is 24.3 Å². The molecule has 1 amide bonds. The monoisotopic (exact) mass is 432 g/mol. The lowest BCUT2D eigenvalue weighted by atomic mass is 10.2. The van der Waals surface area contributed by atoms with Gasteiger partial charge >= 0.3 is 0 Å². The number of carbonyl (C=O) groups excluding carboxylic acids is 1. The van der Waals surface area contributed by atoms with Gasteiger partial charge in [-0.05, 0) is 48.5 Å². The summed E-state index contributed by atoms with van der Waals surface area (Å²) in [6.45, 7) is 1.16. The number of rotatable bonds is 6. The van der Waals surface area contributed by atoms with Gasteiger partial charge in [-0.1, -0.05) is 35.9 Å². The highest BCUT2D eigenvalue weighted by Crippen LogP contribution is 2.29. The number of carbonyl (C=O) groups is 1. The van der Waals surface area contributed by atoms with Gasteiger partial charge in [0.05, 0.1) is 17.1 Å². The first-order chi connectivity index (χ1) is 13.8. The number of benzene rings is 3. The van der Waals surface area contributed by atoms with Crippen molar-refractivity contribution in [3.8, 4) is 0 Å². The highest BCUT2D eigenvalue weighted by molar-refractivity contribution is 7.92. The highest BCUT2D eigenvalue weighted by atomic mass is 35.5. The number of halogens is 2. The smallest absolute Gasteiger partial charge is 0.264 e. The van der Waals surface area contributed by atoms with Gasteiger partial charge in [0, 0.05) is 23.2 Å². The van der Waals surface area contributed by atoms with E-state index in [-0.39, 0.29) is 22.9 Å². The lowest BCUT2D eigenvalue weighted by Gasteiger charge is -2.25. The summed E-state index contributed by atoms with van der Waals surface area (Å²) in [5.74, 6) is -0.767. The third-order valence-electron chi connectivity index (χ3n) is 4.13. The van der Waals surface area contributed by atoms with Gasteiger partial charge in [-0.3, -0.25) is 9.10 Å². The molecule has 0 aliphatic heterocycles. The van der Waals surface area contributed by atoms with Crippen LogP contribution in [-0.2, 0) is 21.4 Å². The molecule has 5 nitrogen and oxygen atoms in total. The Morgan fingerprint density at radius 1 is 1.03 bits per heavy atom. The Kier molecular flexibility index (Phi) is 6.20. The van der Waals surface area contributed by atoms with Gasteiger partial charge < -0.3 is 5.32 Å². The second-order valence-electron chi connectivity index (χ2n) is 6.29. The van der Waals surface area contributed by atoms with Crippen molar-refractivity contribution in [1.82, 2.24) is 0 Å². The second kappa shape index (κ2) is 8.63. The molecule has 0 bridgehead atoms. The molecular weight excluding hydrogens is 415 g/mol. The van der Waals surface area contributed by atoms with Crippen molar-refractivity contribution in [2.24, 2.45) is 0 Å². The largest absolute Gasteiger partial charge is 0.326 e. The molecule has 150 valence electrons. The number of hydrogen-bond donors (Lipinski definition) is 1. The van der Waals surface area contributed by atoms with Crippen LogP contribution < -0.4 is 9.62 Å². The molecule has 0 heterocycles. The predicted molar refractivity (Wildman–Crippen MR) is 112 cm³/mol. The summed E-state index contributed by atoms with van der Waals surface area (Å²) in [5.41, 5.74) is 1.01. The number of nitrogens with one attached hydrogen (secondary N) is 1. The van der Waals surface area contributed by atoms with Crippen LogP contribution in [0.5, 0.6) is 0 Å². The van der Waals surface area contributed by atoms with Crippen LogP contribution in [0.2, 0.25) is 5.02 Å². The quantitative estimate of drug-likeness (QED) is 0.606. The van der Waals surface area contributed by atoms with Gasteiger partial charge in [-0.15, -0.1) is 0 Å². The molecule has 0 spiro atoms. The van der Waals surface area contributed by atoms with Crippen molar-refractivity contribution in [2.45, 2.75) is 18.4 Å². The van der Waals surface area contributed by atoms with E-state index < -0.39 is 15.8 Å². The van der Waals surface area contributed by atoms with Crippen LogP contribution in [-0.4, -0.2) is 14.3 Å². The number of sulfonamides is 1. The Labute approximate surface area is 173 Å². The van der Waals surface area contributed by atoms with E-state index in [1.165, 1.54) is 55.5 Å². The zero-order chi connectivity index (χ0) is 21.0. The molecule has 0 saturated heterocycles. The summed E-state index contributed by atoms with van der Waals surface area (Å²) in [6.07, 6.45) is 0. The standard InChI is InChI=1S/C21H18ClFN2O3S/c1-15(26)24-18-9-11-20(12-10-18)29(27,28)25(19-7-4-6-17(22)13-19)14-16-5-2-3-8-21(16)23/h2-13H,14H2,1H3,(H,24,26). The van der Waals surface area contributed by atoms with Crippen LogP contribution in [0.4, 0.5) is 15.8 Å². The van der Waals surface area contributed by atoms with Gasteiger partial charge in [-0.2, -0.15) is 0 Å². The molecule has 1 N–H and O–H groups in total. The normalized spacial score (nSPS) is 11.1. The SMILES string of the molecule is CC(=O)Nc1ccc(S(=O)(=O)N(Cc2ccccc2F)c2cccc(Cl)c2)cc1. The molecule has 0 saturated carbocycles. The molecule has 3 aromatic carbocycles. The number of hydrogen-bond acceptors (Lipinski definition) is 3. The van der Waals surface area contributed by atoms with E-state index >= 15 is 0 Å². The molecule has 3 rings (SSSR count). The van der Waals surface area contributed by atoms with Crippen LogP contribution >= 0.6 is 11.6 Å². The maximum atomic E-state index is 14.2. The lowest BCUT2D eigenvalue weighted by Crippen LogP contribution is -2.31. The fourth-order valence-corrected chi connectivity index (χ4v) is 4.39. The Balaban J connectivity index is 2.04. The molecule has 0 aliphatic carbocycles. The van der Waals surface area contributed by atoms with E-state index in [0.29, 0.717) is 16.4 Å². The number of amides is 1. The number of nitrogens with zero attached hydrogens (tertiary/aromatic N) is 1. The number of anilines is 2. The van der Waals surface area contributed by atoms with Gasteiger partial charge in [0.15, 0.2) is 0 Å². The van der Waals surface area contributed by atoms with Crippen molar-refractivity contribution in [3.63, 3.8) is 0 Å². The summed E-state index contributed by atoms with van der Waals surface area (Å²) in [7, 11) is -4.04. The lowest BCUT2D eigenvalue weighted by molar-refractivity contribution is -0.114. The topological polar surface area (TPSA) is 66.5 Å². The summed E-state index contributed by atoms with van der Waals surface area (Å²) in [6, 6.07) is 18.1. The molecule has 0 unspecified atom stereocenters. The Bertz CT molecular complexity index is 1130. The van der Waals surface area contributed by atoms with Crippen LogP contribution in [0.15, 0.2) is 77.7 Å². The van der Waals surface area contributed by atoms with E-state index in [0.717, 1.165) is 4.31 Å². The van der Waals surface area contributed by atoms with Gasteiger partial charge in [0.1, 0.15) is 5.82 Å². The van der Waals surface area contributed by atoms with Gasteiger partial charge in [0.25, 0.3) is 10.0 Å². The Hall–Kier alpha value is -2.90. The summed E-state index contributed by atoms with van der Waals surface area (Å²) < 4.78 is 42.1. The fourth-order valence-electron chi connectivity index (χ4n) is 2.77. The first-order valence-corrected chi connectivity index (χ1v) is 10.5. The summed E-state index contributed by atoms with van der Waals surface area (Å²) in [4.78, 5) is 11.2. The molecule has 3 aromatic rings. The fraction of sp³-hybridized carbons (Fsp3) is 0.0952. The average molecular weight is 433 g/mol. The van der Waals surface area contributed by atoms with E-state index in [2.05, 4.69) is 5.32 Å². The first kappa shape index (κ1) is 20.8. The van der Waals surface area contributed by atoms with Crippen LogP contribution in [0.3, 0.4) is 0 Å². The third-order valence-corrected chi connectivity index (χ3v) is 6.15. The minimum atomic E-state index is -4.04. The molecule has 0 fully saturated rings. The Morgan fingerprint density at radius 2 is 1.72 bits per heavy atom. The summed E-state index contributed by atoms with van der Waals surface area (Å²) >= 11 is 6.05. The molecule has 0 radical (unpaired) electrons. The Morgan fingerprint density at radius 3 is 2.34 bits per heavy atom. The first-order valence-electron chi connectivity index (χ1n) is 8.67. The average Bonchev–Trinajstić information content (AvgIpc) is 2.67. The molecule has 8 heteroatoms. The van der Waals surface area contributed by atoms with Crippen molar-refractivity contribution in [3.05, 3.63) is 89.2 Å². The van der Waals surface area contributed by atoms with E-state index in [4.69, 9.17) is 11.6 Å². The van der Waals surface area contributed by atoms with E-state index in [1.807, 2.05) is 0 Å². The molecule has 0 aliphatic rings. The second-order valence-corrected chi connectivity index (χ2v) is 8.59. The molecular formula is C21H18ClFN2O3S. The molecule has 0 aromatic heterocycles. The zero-order valence-electron chi connectivity index (χ0n) is 15.5. The zero-order valence-corrected chi connectivity index (χ0v) is 17.0.